The Labute approximate surface area is 224 Å². The van der Waals surface area contributed by atoms with Gasteiger partial charge in [0.05, 0.1) is 5.39 Å². The Hall–Kier alpha value is -4.31. The molecule has 10 heteroatoms. The second-order valence-electron chi connectivity index (χ2n) is 10.4. The lowest BCUT2D eigenvalue weighted by atomic mass is 10.00. The Morgan fingerprint density at radius 1 is 1.08 bits per heavy atom. The molecule has 0 amide bonds. The molecule has 5 heterocycles. The molecule has 3 N–H and O–H groups in total. The normalized spacial score (nSPS) is 18.8. The Morgan fingerprint density at radius 3 is 2.69 bits per heavy atom. The lowest BCUT2D eigenvalue weighted by Crippen LogP contribution is -2.51. The van der Waals surface area contributed by atoms with E-state index in [0.29, 0.717) is 47.8 Å². The van der Waals surface area contributed by atoms with Crippen molar-refractivity contribution in [3.63, 3.8) is 0 Å². The minimum absolute atomic E-state index is 0.0568. The molecule has 0 spiro atoms. The summed E-state index contributed by atoms with van der Waals surface area (Å²) in [5.74, 6) is 1.53. The standard InChI is InChI=1S/C29H29FN8O/c1-37-11-10-31-24(37)8-9-32-29-35-27-23(28(36-29)38-15-18-6-7-19(16-38)34-18)14-33-26(25(27)30)22-13-20(39)12-17-4-2-3-5-21(17)22/h2-5,10-14,18-19,34,39H,6-9,15-16H2,1H3,(H,32,35,36). The summed E-state index contributed by atoms with van der Waals surface area (Å²) in [6, 6.07) is 11.6. The van der Waals surface area contributed by atoms with Gasteiger partial charge in [-0.2, -0.15) is 4.98 Å². The second-order valence-corrected chi connectivity index (χ2v) is 10.4. The third kappa shape index (κ3) is 4.30. The van der Waals surface area contributed by atoms with Crippen LogP contribution in [-0.4, -0.2) is 61.3 Å². The summed E-state index contributed by atoms with van der Waals surface area (Å²) in [6.07, 6.45) is 8.28. The molecule has 3 aromatic heterocycles. The van der Waals surface area contributed by atoms with Gasteiger partial charge in [-0.3, -0.25) is 4.98 Å². The van der Waals surface area contributed by atoms with Gasteiger partial charge in [0.2, 0.25) is 5.95 Å². The summed E-state index contributed by atoms with van der Waals surface area (Å²) < 4.78 is 18.4. The molecular weight excluding hydrogens is 495 g/mol. The van der Waals surface area contributed by atoms with Crippen LogP contribution < -0.4 is 15.5 Å². The highest BCUT2D eigenvalue weighted by Gasteiger charge is 2.34. The van der Waals surface area contributed by atoms with Crippen LogP contribution in [0.3, 0.4) is 0 Å². The molecule has 2 bridgehead atoms. The fourth-order valence-electron chi connectivity index (χ4n) is 5.93. The summed E-state index contributed by atoms with van der Waals surface area (Å²) in [5.41, 5.74) is 0.885. The van der Waals surface area contributed by atoms with E-state index in [9.17, 15) is 5.11 Å². The van der Waals surface area contributed by atoms with Crippen molar-refractivity contribution in [2.75, 3.05) is 29.9 Å². The molecule has 9 nitrogen and oxygen atoms in total. The van der Waals surface area contributed by atoms with E-state index in [2.05, 4.69) is 30.5 Å². The van der Waals surface area contributed by atoms with Gasteiger partial charge in [0.15, 0.2) is 5.82 Å². The predicted octanol–water partition coefficient (Wildman–Crippen LogP) is 4.02. The van der Waals surface area contributed by atoms with E-state index in [1.807, 2.05) is 42.1 Å². The first kappa shape index (κ1) is 23.8. The molecule has 0 radical (unpaired) electrons. The highest BCUT2D eigenvalue weighted by atomic mass is 19.1. The maximum absolute atomic E-state index is 16.4. The summed E-state index contributed by atoms with van der Waals surface area (Å²) in [5, 5.41) is 19.5. The lowest BCUT2D eigenvalue weighted by molar-refractivity contribution is 0.464. The molecule has 39 heavy (non-hydrogen) atoms. The number of aromatic nitrogens is 5. The number of benzene rings is 2. The zero-order valence-electron chi connectivity index (χ0n) is 21.6. The summed E-state index contributed by atoms with van der Waals surface area (Å²) in [7, 11) is 1.96. The number of hydrogen-bond acceptors (Lipinski definition) is 8. The first-order valence-corrected chi connectivity index (χ1v) is 13.3. The average Bonchev–Trinajstić information content (AvgIpc) is 3.51. The first-order valence-electron chi connectivity index (χ1n) is 13.3. The predicted molar refractivity (Wildman–Crippen MR) is 149 cm³/mol. The number of pyridine rings is 1. The molecule has 2 aliphatic rings. The van der Waals surface area contributed by atoms with Crippen molar-refractivity contribution in [2.24, 2.45) is 7.05 Å². The van der Waals surface area contributed by atoms with Gasteiger partial charge in [-0.1, -0.05) is 24.3 Å². The zero-order valence-corrected chi connectivity index (χ0v) is 21.6. The van der Waals surface area contributed by atoms with Crippen molar-refractivity contribution in [3.8, 4) is 17.0 Å². The molecule has 7 rings (SSSR count). The van der Waals surface area contributed by atoms with Crippen LogP contribution in [0.1, 0.15) is 18.7 Å². The smallest absolute Gasteiger partial charge is 0.225 e. The molecule has 2 aliphatic heterocycles. The van der Waals surface area contributed by atoms with Gasteiger partial charge in [0.1, 0.15) is 28.6 Å². The van der Waals surface area contributed by atoms with Crippen molar-refractivity contribution in [2.45, 2.75) is 31.3 Å². The molecule has 0 aliphatic carbocycles. The summed E-state index contributed by atoms with van der Waals surface area (Å²) >= 11 is 0. The lowest BCUT2D eigenvalue weighted by Gasteiger charge is -2.34. The Balaban J connectivity index is 1.33. The minimum Gasteiger partial charge on any atom is -0.508 e. The molecule has 2 aromatic carbocycles. The van der Waals surface area contributed by atoms with Crippen LogP contribution in [0, 0.1) is 5.82 Å². The van der Waals surface area contributed by atoms with Gasteiger partial charge in [-0.15, -0.1) is 0 Å². The SMILES string of the molecule is Cn1ccnc1CCNc1nc(N2CC3CCC(C2)N3)c2cnc(-c3cc(O)cc4ccccc34)c(F)c2n1. The first-order chi connectivity index (χ1) is 19.0. The van der Waals surface area contributed by atoms with E-state index >= 15 is 4.39 Å². The quantitative estimate of drug-likeness (QED) is 0.306. The number of aromatic hydroxyl groups is 1. The Morgan fingerprint density at radius 2 is 1.90 bits per heavy atom. The van der Waals surface area contributed by atoms with Crippen LogP contribution in [0.4, 0.5) is 16.2 Å². The molecule has 2 unspecified atom stereocenters. The van der Waals surface area contributed by atoms with E-state index in [-0.39, 0.29) is 17.0 Å². The van der Waals surface area contributed by atoms with Gasteiger partial charge >= 0.3 is 0 Å². The molecule has 2 fully saturated rings. The molecule has 5 aromatic rings. The maximum Gasteiger partial charge on any atom is 0.225 e. The van der Waals surface area contributed by atoms with Crippen molar-refractivity contribution in [1.29, 1.82) is 0 Å². The highest BCUT2D eigenvalue weighted by Crippen LogP contribution is 2.37. The number of anilines is 2. The van der Waals surface area contributed by atoms with Gasteiger partial charge in [-0.25, -0.2) is 14.4 Å². The summed E-state index contributed by atoms with van der Waals surface area (Å²) in [4.78, 5) is 20.7. The largest absolute Gasteiger partial charge is 0.508 e. The van der Waals surface area contributed by atoms with Crippen LogP contribution in [0.25, 0.3) is 32.9 Å². The molecule has 2 atom stereocenters. The summed E-state index contributed by atoms with van der Waals surface area (Å²) in [6.45, 7) is 2.16. The van der Waals surface area contributed by atoms with Crippen LogP contribution in [0.2, 0.25) is 0 Å². The monoisotopic (exact) mass is 524 g/mol. The third-order valence-corrected chi connectivity index (χ3v) is 7.83. The second kappa shape index (κ2) is 9.46. The molecular formula is C29H29FN8O. The number of aryl methyl sites for hydroxylation is 1. The van der Waals surface area contributed by atoms with E-state index in [1.165, 1.54) is 0 Å². The molecule has 0 saturated carbocycles. The molecule has 2 saturated heterocycles. The zero-order chi connectivity index (χ0) is 26.5. The van der Waals surface area contributed by atoms with Crippen LogP contribution >= 0.6 is 0 Å². The Bertz CT molecular complexity index is 1690. The number of fused-ring (bicyclic) bond motifs is 4. The van der Waals surface area contributed by atoms with Crippen molar-refractivity contribution in [3.05, 3.63) is 66.6 Å². The number of nitrogens with one attached hydrogen (secondary N) is 2. The number of nitrogens with zero attached hydrogens (tertiary/aromatic N) is 6. The van der Waals surface area contributed by atoms with Gasteiger partial charge < -0.3 is 25.2 Å². The number of rotatable bonds is 6. The van der Waals surface area contributed by atoms with E-state index < -0.39 is 5.82 Å². The number of piperazine rings is 1. The van der Waals surface area contributed by atoms with Crippen molar-refractivity contribution >= 4 is 33.4 Å². The Kier molecular flexibility index (Phi) is 5.77. The number of imidazole rings is 1. The fraction of sp³-hybridized carbons (Fsp3) is 0.310. The third-order valence-electron chi connectivity index (χ3n) is 7.83. The molecule has 198 valence electrons. The number of phenols is 1. The van der Waals surface area contributed by atoms with Gasteiger partial charge in [0, 0.05) is 69.3 Å². The average molecular weight is 525 g/mol. The van der Waals surface area contributed by atoms with E-state index in [4.69, 9.17) is 4.98 Å². The topological polar surface area (TPSA) is 104 Å². The fourth-order valence-corrected chi connectivity index (χ4v) is 5.93. The van der Waals surface area contributed by atoms with E-state index in [1.54, 1.807) is 24.5 Å². The van der Waals surface area contributed by atoms with Gasteiger partial charge in [0.25, 0.3) is 0 Å². The van der Waals surface area contributed by atoms with Crippen molar-refractivity contribution < 1.29 is 9.50 Å². The maximum atomic E-state index is 16.4. The van der Waals surface area contributed by atoms with Crippen LogP contribution in [-0.2, 0) is 13.5 Å². The highest BCUT2D eigenvalue weighted by molar-refractivity contribution is 6.00. The van der Waals surface area contributed by atoms with Gasteiger partial charge in [-0.05, 0) is 35.7 Å². The van der Waals surface area contributed by atoms with Crippen molar-refractivity contribution in [1.82, 2.24) is 29.8 Å². The number of halogens is 1. The number of hydrogen-bond donors (Lipinski definition) is 3. The van der Waals surface area contributed by atoms with E-state index in [0.717, 1.165) is 42.5 Å². The van der Waals surface area contributed by atoms with Crippen LogP contribution in [0.5, 0.6) is 5.75 Å². The van der Waals surface area contributed by atoms with Crippen LogP contribution in [0.15, 0.2) is 55.0 Å². The minimum atomic E-state index is -0.530. The number of phenolic OH excluding ortho intramolecular Hbond substituents is 1.